The lowest BCUT2D eigenvalue weighted by Crippen LogP contribution is -1.94. The second-order valence-electron chi connectivity index (χ2n) is 4.11. The molecule has 2 aromatic heterocycles. The van der Waals surface area contributed by atoms with E-state index in [9.17, 15) is 0 Å². The molecule has 2 N–H and O–H groups in total. The van der Waals surface area contributed by atoms with Crippen LogP contribution in [0.3, 0.4) is 0 Å². The number of ether oxygens (including phenoxy) is 1. The molecule has 2 heterocycles. The van der Waals surface area contributed by atoms with Gasteiger partial charge in [-0.15, -0.1) is 11.3 Å². The van der Waals surface area contributed by atoms with Gasteiger partial charge in [0.25, 0.3) is 0 Å². The first-order valence-electron chi connectivity index (χ1n) is 5.56. The zero-order valence-electron chi connectivity index (χ0n) is 10.2. The van der Waals surface area contributed by atoms with Crippen molar-refractivity contribution in [3.8, 4) is 17.0 Å². The monoisotopic (exact) mass is 259 g/mol. The van der Waals surface area contributed by atoms with Crippen LogP contribution in [0.2, 0.25) is 0 Å². The summed E-state index contributed by atoms with van der Waals surface area (Å²) in [5.74, 6) is 1.55. The van der Waals surface area contributed by atoms with Crippen molar-refractivity contribution in [2.75, 3.05) is 12.8 Å². The van der Waals surface area contributed by atoms with Gasteiger partial charge in [0.05, 0.1) is 19.0 Å². The number of aryl methyl sites for hydroxylation is 1. The van der Waals surface area contributed by atoms with E-state index in [1.165, 1.54) is 0 Å². The maximum atomic E-state index is 5.94. The van der Waals surface area contributed by atoms with Crippen LogP contribution in [0.4, 0.5) is 5.82 Å². The number of nitrogen functional groups attached to an aromatic ring is 1. The number of benzene rings is 1. The van der Waals surface area contributed by atoms with Gasteiger partial charge in [0, 0.05) is 5.38 Å². The normalized spacial score (nSPS) is 11.0. The predicted octanol–water partition coefficient (Wildman–Crippen LogP) is 2.96. The predicted molar refractivity (Wildman–Crippen MR) is 74.2 cm³/mol. The zero-order valence-corrected chi connectivity index (χ0v) is 11.0. The van der Waals surface area contributed by atoms with Crippen molar-refractivity contribution in [1.82, 2.24) is 9.38 Å². The molecular weight excluding hydrogens is 246 g/mol. The summed E-state index contributed by atoms with van der Waals surface area (Å²) in [7, 11) is 1.68. The Hall–Kier alpha value is -2.01. The van der Waals surface area contributed by atoms with Gasteiger partial charge in [-0.2, -0.15) is 0 Å². The van der Waals surface area contributed by atoms with E-state index in [-0.39, 0.29) is 0 Å². The number of nitrogens with two attached hydrogens (primary N) is 1. The molecule has 18 heavy (non-hydrogen) atoms. The van der Waals surface area contributed by atoms with Crippen LogP contribution in [-0.2, 0) is 0 Å². The first-order chi connectivity index (χ1) is 8.70. The molecule has 0 amide bonds. The van der Waals surface area contributed by atoms with E-state index in [1.54, 1.807) is 24.6 Å². The zero-order chi connectivity index (χ0) is 12.7. The first-order valence-corrected chi connectivity index (χ1v) is 6.44. The number of methoxy groups -OCH3 is 1. The fourth-order valence-corrected chi connectivity index (χ4v) is 2.95. The van der Waals surface area contributed by atoms with Gasteiger partial charge < -0.3 is 10.5 Å². The third-order valence-corrected chi connectivity index (χ3v) is 3.80. The Kier molecular flexibility index (Phi) is 2.48. The van der Waals surface area contributed by atoms with Crippen LogP contribution in [-0.4, -0.2) is 16.5 Å². The Morgan fingerprint density at radius 3 is 2.94 bits per heavy atom. The van der Waals surface area contributed by atoms with Gasteiger partial charge in [-0.1, -0.05) is 0 Å². The second-order valence-corrected chi connectivity index (χ2v) is 4.94. The summed E-state index contributed by atoms with van der Waals surface area (Å²) in [6.07, 6.45) is 1.69. The highest BCUT2D eigenvalue weighted by Crippen LogP contribution is 2.30. The largest absolute Gasteiger partial charge is 0.496 e. The number of hydrogen-bond acceptors (Lipinski definition) is 4. The summed E-state index contributed by atoms with van der Waals surface area (Å²) in [5.41, 5.74) is 9.22. The van der Waals surface area contributed by atoms with Crippen LogP contribution >= 0.6 is 11.3 Å². The van der Waals surface area contributed by atoms with Crippen molar-refractivity contribution in [2.24, 2.45) is 0 Å². The molecule has 0 aliphatic rings. The van der Waals surface area contributed by atoms with Crippen LogP contribution in [0.1, 0.15) is 5.56 Å². The summed E-state index contributed by atoms with van der Waals surface area (Å²) in [6, 6.07) is 6.10. The molecule has 0 radical (unpaired) electrons. The number of fused-ring (bicyclic) bond motifs is 1. The number of thiazole rings is 1. The molecular formula is C13H13N3OS. The number of aromatic nitrogens is 2. The third kappa shape index (κ3) is 1.55. The Morgan fingerprint density at radius 2 is 2.22 bits per heavy atom. The maximum Gasteiger partial charge on any atom is 0.195 e. The summed E-state index contributed by atoms with van der Waals surface area (Å²) in [4.78, 5) is 5.17. The molecule has 0 atom stereocenters. The molecule has 5 heteroatoms. The van der Waals surface area contributed by atoms with Crippen molar-refractivity contribution in [3.63, 3.8) is 0 Å². The highest BCUT2D eigenvalue weighted by Gasteiger charge is 2.10. The van der Waals surface area contributed by atoms with E-state index in [0.29, 0.717) is 5.82 Å². The lowest BCUT2D eigenvalue weighted by atomic mass is 10.1. The SMILES string of the molecule is COc1ccc(-c2csc3ncc(N)n23)cc1C. The van der Waals surface area contributed by atoms with Gasteiger partial charge in [-0.3, -0.25) is 4.40 Å². The van der Waals surface area contributed by atoms with Gasteiger partial charge >= 0.3 is 0 Å². The Labute approximate surface area is 109 Å². The highest BCUT2D eigenvalue weighted by atomic mass is 32.1. The van der Waals surface area contributed by atoms with Crippen LogP contribution in [0.25, 0.3) is 16.2 Å². The van der Waals surface area contributed by atoms with E-state index in [0.717, 1.165) is 27.5 Å². The molecule has 1 aromatic carbocycles. The minimum atomic E-state index is 0.662. The van der Waals surface area contributed by atoms with E-state index < -0.39 is 0 Å². The molecule has 0 aliphatic heterocycles. The van der Waals surface area contributed by atoms with E-state index >= 15 is 0 Å². The maximum absolute atomic E-state index is 5.94. The number of hydrogen-bond donors (Lipinski definition) is 1. The van der Waals surface area contributed by atoms with Crippen molar-refractivity contribution in [2.45, 2.75) is 6.92 Å². The Balaban J connectivity index is 2.20. The summed E-state index contributed by atoms with van der Waals surface area (Å²) >= 11 is 1.59. The fourth-order valence-electron chi connectivity index (χ4n) is 2.07. The number of nitrogens with zero attached hydrogens (tertiary/aromatic N) is 2. The molecule has 0 spiro atoms. The Bertz CT molecular complexity index is 714. The van der Waals surface area contributed by atoms with Crippen LogP contribution in [0.15, 0.2) is 29.8 Å². The van der Waals surface area contributed by atoms with Crippen LogP contribution < -0.4 is 10.5 Å². The van der Waals surface area contributed by atoms with Crippen LogP contribution in [0.5, 0.6) is 5.75 Å². The van der Waals surface area contributed by atoms with E-state index in [4.69, 9.17) is 10.5 Å². The molecule has 3 aromatic rings. The third-order valence-electron chi connectivity index (χ3n) is 2.96. The van der Waals surface area contributed by atoms with Crippen molar-refractivity contribution in [1.29, 1.82) is 0 Å². The second kappa shape index (κ2) is 4.03. The lowest BCUT2D eigenvalue weighted by molar-refractivity contribution is 0.412. The fraction of sp³-hybridized carbons (Fsp3) is 0.154. The van der Waals surface area contributed by atoms with Gasteiger partial charge in [-0.05, 0) is 36.2 Å². The lowest BCUT2D eigenvalue weighted by Gasteiger charge is -2.07. The topological polar surface area (TPSA) is 52.5 Å². The first kappa shape index (κ1) is 11.1. The number of rotatable bonds is 2. The van der Waals surface area contributed by atoms with Gasteiger partial charge in [0.15, 0.2) is 4.96 Å². The quantitative estimate of drug-likeness (QED) is 0.769. The molecule has 0 fully saturated rings. The van der Waals surface area contributed by atoms with Gasteiger partial charge in [-0.25, -0.2) is 4.98 Å². The van der Waals surface area contributed by atoms with Crippen LogP contribution in [0, 0.1) is 6.92 Å². The van der Waals surface area contributed by atoms with Gasteiger partial charge in [0.1, 0.15) is 11.6 Å². The standard InChI is InChI=1S/C13H13N3OS/c1-8-5-9(3-4-11(8)17-2)10-7-18-13-15-6-12(14)16(10)13/h3-7H,14H2,1-2H3. The summed E-state index contributed by atoms with van der Waals surface area (Å²) < 4.78 is 7.24. The van der Waals surface area contributed by atoms with Gasteiger partial charge in [0.2, 0.25) is 0 Å². The van der Waals surface area contributed by atoms with Crippen molar-refractivity contribution < 1.29 is 4.74 Å². The molecule has 3 rings (SSSR count). The molecule has 0 bridgehead atoms. The average Bonchev–Trinajstić information content (AvgIpc) is 2.93. The molecule has 0 unspecified atom stereocenters. The number of anilines is 1. The highest BCUT2D eigenvalue weighted by molar-refractivity contribution is 7.15. The molecule has 0 saturated heterocycles. The van der Waals surface area contributed by atoms with E-state index in [2.05, 4.69) is 16.4 Å². The summed E-state index contributed by atoms with van der Waals surface area (Å²) in [6.45, 7) is 2.03. The number of imidazole rings is 1. The van der Waals surface area contributed by atoms with Crippen molar-refractivity contribution in [3.05, 3.63) is 35.3 Å². The molecule has 92 valence electrons. The minimum absolute atomic E-state index is 0.662. The Morgan fingerprint density at radius 1 is 1.39 bits per heavy atom. The molecule has 0 saturated carbocycles. The average molecular weight is 259 g/mol. The van der Waals surface area contributed by atoms with Crippen molar-refractivity contribution >= 4 is 22.1 Å². The minimum Gasteiger partial charge on any atom is -0.496 e. The smallest absolute Gasteiger partial charge is 0.195 e. The molecule has 4 nitrogen and oxygen atoms in total. The summed E-state index contributed by atoms with van der Waals surface area (Å²) in [5, 5.41) is 2.07. The molecule has 0 aliphatic carbocycles. The van der Waals surface area contributed by atoms with E-state index in [1.807, 2.05) is 23.5 Å².